The van der Waals surface area contributed by atoms with Crippen LogP contribution >= 0.6 is 10.0 Å². The molecule has 0 bridgehead atoms. The van der Waals surface area contributed by atoms with Crippen molar-refractivity contribution in [2.45, 2.75) is 0 Å². The molecule has 0 fully saturated rings. The standard InChI is InChI=1S/C5H10S/c1-5-6(2,3)4/h1H,2-4H3. The van der Waals surface area contributed by atoms with E-state index in [-0.39, 0.29) is 0 Å². The van der Waals surface area contributed by atoms with E-state index in [0.717, 1.165) is 0 Å². The second-order valence-corrected chi connectivity index (χ2v) is 5.86. The maximum Gasteiger partial charge on any atom is -0.0246 e. The van der Waals surface area contributed by atoms with E-state index in [0.29, 0.717) is 0 Å². The van der Waals surface area contributed by atoms with E-state index in [2.05, 4.69) is 24.0 Å². The number of hydrogen-bond acceptors (Lipinski definition) is 0. The maximum atomic E-state index is 5.09. The van der Waals surface area contributed by atoms with Crippen molar-refractivity contribution in [3.8, 4) is 11.7 Å². The van der Waals surface area contributed by atoms with Crippen molar-refractivity contribution in [3.63, 3.8) is 0 Å². The van der Waals surface area contributed by atoms with Gasteiger partial charge in [-0.15, -0.1) is 6.42 Å². The van der Waals surface area contributed by atoms with Gasteiger partial charge in [-0.3, -0.25) is 0 Å². The molecule has 0 aliphatic rings. The molecule has 0 radical (unpaired) electrons. The quantitative estimate of drug-likeness (QED) is 0.404. The van der Waals surface area contributed by atoms with Gasteiger partial charge in [-0.25, -0.2) is 0 Å². The summed E-state index contributed by atoms with van der Waals surface area (Å²) in [6.07, 6.45) is 11.4. The topological polar surface area (TPSA) is 0 Å². The first-order chi connectivity index (χ1) is 2.56. The highest BCUT2D eigenvalue weighted by Crippen LogP contribution is 2.31. The van der Waals surface area contributed by atoms with Crippen molar-refractivity contribution in [1.29, 1.82) is 0 Å². The molecule has 0 spiro atoms. The molecular formula is C5H10S. The summed E-state index contributed by atoms with van der Waals surface area (Å²) in [5.74, 6) is 0. The summed E-state index contributed by atoms with van der Waals surface area (Å²) in [5, 5.41) is 2.69. The van der Waals surface area contributed by atoms with Gasteiger partial charge in [0.1, 0.15) is 0 Å². The van der Waals surface area contributed by atoms with Crippen LogP contribution in [0.25, 0.3) is 0 Å². The summed E-state index contributed by atoms with van der Waals surface area (Å²) in [4.78, 5) is 0. The van der Waals surface area contributed by atoms with Crippen molar-refractivity contribution < 1.29 is 0 Å². The SMILES string of the molecule is C#CS(C)(C)C. The molecule has 1 heteroatoms. The average Bonchev–Trinajstić information content (AvgIpc) is 1.35. The normalized spacial score (nSPS) is 13.0. The van der Waals surface area contributed by atoms with Gasteiger partial charge in [-0.1, -0.05) is 5.25 Å². The monoisotopic (exact) mass is 102 g/mol. The Morgan fingerprint density at radius 2 is 1.50 bits per heavy atom. The fraction of sp³-hybridized carbons (Fsp3) is 0.600. The summed E-state index contributed by atoms with van der Waals surface area (Å²) in [6.45, 7) is 0. The molecule has 0 atom stereocenters. The first kappa shape index (κ1) is 5.91. The fourth-order valence-corrected chi connectivity index (χ4v) is 0. The van der Waals surface area contributed by atoms with Crippen LogP contribution in [-0.4, -0.2) is 18.8 Å². The van der Waals surface area contributed by atoms with Gasteiger partial charge in [0.25, 0.3) is 0 Å². The maximum absolute atomic E-state index is 5.09. The van der Waals surface area contributed by atoms with E-state index in [1.807, 2.05) is 0 Å². The smallest absolute Gasteiger partial charge is 0.0246 e. The van der Waals surface area contributed by atoms with E-state index in [1.165, 1.54) is 0 Å². The van der Waals surface area contributed by atoms with Crippen molar-refractivity contribution in [3.05, 3.63) is 0 Å². The molecule has 0 aromatic rings. The van der Waals surface area contributed by atoms with E-state index >= 15 is 0 Å². The Hall–Kier alpha value is -0.0900. The van der Waals surface area contributed by atoms with Gasteiger partial charge in [0.2, 0.25) is 0 Å². The molecule has 0 nitrogen and oxygen atoms in total. The molecule has 0 aromatic carbocycles. The van der Waals surface area contributed by atoms with Crippen LogP contribution < -0.4 is 0 Å². The van der Waals surface area contributed by atoms with Gasteiger partial charge in [0.05, 0.1) is 0 Å². The highest BCUT2D eigenvalue weighted by atomic mass is 32.3. The van der Waals surface area contributed by atoms with Gasteiger partial charge in [-0.2, -0.15) is 10.0 Å². The van der Waals surface area contributed by atoms with Gasteiger partial charge in [0.15, 0.2) is 0 Å². The highest BCUT2D eigenvalue weighted by Gasteiger charge is 1.92. The molecule has 0 unspecified atom stereocenters. The Balaban J connectivity index is 3.55. The van der Waals surface area contributed by atoms with E-state index in [4.69, 9.17) is 6.42 Å². The van der Waals surface area contributed by atoms with Crippen LogP contribution in [0.2, 0.25) is 0 Å². The lowest BCUT2D eigenvalue weighted by molar-refractivity contribution is 2.13. The molecule has 0 heterocycles. The fourth-order valence-electron chi connectivity index (χ4n) is 0. The van der Waals surface area contributed by atoms with Crippen LogP contribution in [0.15, 0.2) is 0 Å². The Bertz CT molecular complexity index is 70.9. The summed E-state index contributed by atoms with van der Waals surface area (Å²) >= 11 is 0. The number of hydrogen-bond donors (Lipinski definition) is 0. The predicted octanol–water partition coefficient (Wildman–Crippen LogP) is 1.27. The summed E-state index contributed by atoms with van der Waals surface area (Å²) in [6, 6.07) is 0. The first-order valence-corrected chi connectivity index (χ1v) is 4.58. The van der Waals surface area contributed by atoms with Gasteiger partial charge in [0, 0.05) is 0 Å². The summed E-state index contributed by atoms with van der Waals surface area (Å²) < 4.78 is 0. The lowest BCUT2D eigenvalue weighted by Gasteiger charge is -2.13. The van der Waals surface area contributed by atoms with E-state index in [9.17, 15) is 0 Å². The van der Waals surface area contributed by atoms with Crippen LogP contribution in [0.4, 0.5) is 0 Å². The van der Waals surface area contributed by atoms with Crippen molar-refractivity contribution in [2.24, 2.45) is 0 Å². The zero-order valence-corrected chi connectivity index (χ0v) is 5.30. The lowest BCUT2D eigenvalue weighted by Crippen LogP contribution is -1.82. The minimum atomic E-state index is -0.634. The molecule has 0 aliphatic carbocycles. The van der Waals surface area contributed by atoms with Gasteiger partial charge < -0.3 is 0 Å². The van der Waals surface area contributed by atoms with Crippen molar-refractivity contribution >= 4 is 10.0 Å². The lowest BCUT2D eigenvalue weighted by atomic mass is 11.4. The third-order valence-electron chi connectivity index (χ3n) is 0.354. The average molecular weight is 102 g/mol. The third-order valence-corrected chi connectivity index (χ3v) is 1.06. The van der Waals surface area contributed by atoms with Crippen LogP contribution in [0.1, 0.15) is 0 Å². The van der Waals surface area contributed by atoms with Crippen molar-refractivity contribution in [1.82, 2.24) is 0 Å². The second-order valence-electron chi connectivity index (χ2n) is 1.95. The van der Waals surface area contributed by atoms with E-state index < -0.39 is 10.0 Å². The molecule has 0 aliphatic heterocycles. The second kappa shape index (κ2) is 1.57. The molecule has 0 amide bonds. The van der Waals surface area contributed by atoms with Gasteiger partial charge in [-0.05, 0) is 18.8 Å². The van der Waals surface area contributed by atoms with Crippen LogP contribution in [0.3, 0.4) is 0 Å². The van der Waals surface area contributed by atoms with Crippen LogP contribution in [0, 0.1) is 11.7 Å². The highest BCUT2D eigenvalue weighted by molar-refractivity contribution is 8.35. The summed E-state index contributed by atoms with van der Waals surface area (Å²) in [7, 11) is -0.634. The molecule has 0 saturated heterocycles. The molecular weight excluding hydrogens is 92.1 g/mol. The minimum absolute atomic E-state index is 0.634. The van der Waals surface area contributed by atoms with Crippen molar-refractivity contribution in [2.75, 3.05) is 18.8 Å². The zero-order valence-electron chi connectivity index (χ0n) is 4.49. The minimum Gasteiger partial charge on any atom is -0.186 e. The molecule has 0 saturated carbocycles. The molecule has 6 heavy (non-hydrogen) atoms. The van der Waals surface area contributed by atoms with E-state index in [1.54, 1.807) is 0 Å². The Morgan fingerprint density at radius 1 is 1.33 bits per heavy atom. The molecule has 0 rings (SSSR count). The third kappa shape index (κ3) is 3.91. The Morgan fingerprint density at radius 3 is 1.50 bits per heavy atom. The number of terminal acetylenes is 1. The Kier molecular flexibility index (Phi) is 1.55. The largest absolute Gasteiger partial charge is 0.186 e. The number of rotatable bonds is 0. The zero-order chi connectivity index (χ0) is 5.21. The molecule has 0 N–H and O–H groups in total. The molecule has 0 aromatic heterocycles. The van der Waals surface area contributed by atoms with Crippen LogP contribution in [-0.2, 0) is 0 Å². The summed E-state index contributed by atoms with van der Waals surface area (Å²) in [5.41, 5.74) is 0. The predicted molar refractivity (Wildman–Crippen MR) is 34.2 cm³/mol. The Labute approximate surface area is 41.3 Å². The first-order valence-electron chi connectivity index (χ1n) is 1.72. The molecule has 36 valence electrons. The van der Waals surface area contributed by atoms with Gasteiger partial charge >= 0.3 is 0 Å². The van der Waals surface area contributed by atoms with Crippen LogP contribution in [0.5, 0.6) is 0 Å².